The summed E-state index contributed by atoms with van der Waals surface area (Å²) in [5.74, 6) is -2.04. The molecule has 2 heterocycles. The number of hydrogen-bond donors (Lipinski definition) is 2. The van der Waals surface area contributed by atoms with E-state index in [2.05, 4.69) is 5.32 Å². The predicted molar refractivity (Wildman–Crippen MR) is 148 cm³/mol. The molecule has 0 spiro atoms. The van der Waals surface area contributed by atoms with Gasteiger partial charge in [0.1, 0.15) is 6.04 Å². The SMILES string of the molecule is CCN(CC)CC(=O)S[C@@H](Cc1ccccc1)C(=O)N[C@H]1Cc2ccccc2[C@H]2COC[C@@H](C(=O)O)N2C1=O. The number of benzene rings is 2. The molecule has 4 atom stereocenters. The molecule has 39 heavy (non-hydrogen) atoms. The van der Waals surface area contributed by atoms with Crippen LogP contribution < -0.4 is 5.32 Å². The summed E-state index contributed by atoms with van der Waals surface area (Å²) in [4.78, 5) is 55.9. The third-order valence-electron chi connectivity index (χ3n) is 7.29. The van der Waals surface area contributed by atoms with Gasteiger partial charge in [0.2, 0.25) is 16.9 Å². The van der Waals surface area contributed by atoms with E-state index in [9.17, 15) is 24.3 Å². The van der Waals surface area contributed by atoms with Crippen LogP contribution in [0, 0.1) is 0 Å². The molecule has 1 fully saturated rings. The summed E-state index contributed by atoms with van der Waals surface area (Å²) < 4.78 is 5.58. The van der Waals surface area contributed by atoms with E-state index in [4.69, 9.17) is 4.74 Å². The molecule has 2 aliphatic rings. The lowest BCUT2D eigenvalue weighted by atomic mass is 9.97. The number of morpholine rings is 1. The molecule has 2 aromatic carbocycles. The Morgan fingerprint density at radius 1 is 1.08 bits per heavy atom. The molecule has 0 aliphatic carbocycles. The molecule has 0 unspecified atom stereocenters. The van der Waals surface area contributed by atoms with Crippen molar-refractivity contribution in [2.24, 2.45) is 0 Å². The molecule has 0 aromatic heterocycles. The van der Waals surface area contributed by atoms with Gasteiger partial charge < -0.3 is 20.1 Å². The van der Waals surface area contributed by atoms with Crippen molar-refractivity contribution in [1.29, 1.82) is 0 Å². The van der Waals surface area contributed by atoms with Gasteiger partial charge in [-0.25, -0.2) is 4.79 Å². The second kappa shape index (κ2) is 13.2. The number of ether oxygens (including phenoxy) is 1. The lowest BCUT2D eigenvalue weighted by molar-refractivity contribution is -0.165. The van der Waals surface area contributed by atoms with Gasteiger partial charge in [-0.2, -0.15) is 0 Å². The monoisotopic (exact) mass is 553 g/mol. The van der Waals surface area contributed by atoms with Crippen molar-refractivity contribution >= 4 is 34.7 Å². The second-order valence-corrected chi connectivity index (χ2v) is 11.0. The first-order chi connectivity index (χ1) is 18.8. The number of amides is 2. The topological polar surface area (TPSA) is 116 Å². The lowest BCUT2D eigenvalue weighted by Crippen LogP contribution is -2.59. The van der Waals surface area contributed by atoms with Crippen LogP contribution in [0.2, 0.25) is 0 Å². The molecule has 4 rings (SSSR count). The Kier molecular flexibility index (Phi) is 9.77. The zero-order valence-electron chi connectivity index (χ0n) is 22.2. The van der Waals surface area contributed by atoms with Crippen molar-refractivity contribution in [1.82, 2.24) is 15.1 Å². The van der Waals surface area contributed by atoms with Crippen molar-refractivity contribution < 1.29 is 29.0 Å². The maximum absolute atomic E-state index is 13.8. The van der Waals surface area contributed by atoms with Gasteiger partial charge in [0.05, 0.1) is 31.1 Å². The summed E-state index contributed by atoms with van der Waals surface area (Å²) in [6.07, 6.45) is 0.535. The highest BCUT2D eigenvalue weighted by molar-refractivity contribution is 8.14. The molecule has 0 radical (unpaired) electrons. The first-order valence-corrected chi connectivity index (χ1v) is 14.2. The summed E-state index contributed by atoms with van der Waals surface area (Å²) >= 11 is 0.984. The van der Waals surface area contributed by atoms with Crippen LogP contribution in [0.1, 0.15) is 36.6 Å². The fourth-order valence-corrected chi connectivity index (χ4v) is 6.18. The Balaban J connectivity index is 1.60. The van der Waals surface area contributed by atoms with Gasteiger partial charge in [0.15, 0.2) is 6.04 Å². The number of aliphatic carboxylic acids is 1. The Labute approximate surface area is 232 Å². The number of carbonyl (C=O) groups is 4. The van der Waals surface area contributed by atoms with Crippen LogP contribution in [0.5, 0.6) is 0 Å². The van der Waals surface area contributed by atoms with Crippen LogP contribution in [0.25, 0.3) is 0 Å². The van der Waals surface area contributed by atoms with Crippen LogP contribution in [0.4, 0.5) is 0 Å². The quantitative estimate of drug-likeness (QED) is 0.461. The first-order valence-electron chi connectivity index (χ1n) is 13.3. The van der Waals surface area contributed by atoms with E-state index in [1.165, 1.54) is 4.90 Å². The number of hydrogen-bond acceptors (Lipinski definition) is 7. The van der Waals surface area contributed by atoms with E-state index in [1.54, 1.807) is 0 Å². The van der Waals surface area contributed by atoms with Gasteiger partial charge in [-0.3, -0.25) is 19.3 Å². The zero-order chi connectivity index (χ0) is 27.9. The fraction of sp³-hybridized carbons (Fsp3) is 0.448. The Morgan fingerprint density at radius 3 is 2.46 bits per heavy atom. The van der Waals surface area contributed by atoms with E-state index in [1.807, 2.05) is 73.3 Å². The smallest absolute Gasteiger partial charge is 0.328 e. The van der Waals surface area contributed by atoms with Crippen LogP contribution >= 0.6 is 11.8 Å². The molecule has 9 nitrogen and oxygen atoms in total. The molecule has 0 saturated carbocycles. The van der Waals surface area contributed by atoms with Crippen LogP contribution in [0.15, 0.2) is 54.6 Å². The normalized spacial score (nSPS) is 21.5. The molecule has 2 aromatic rings. The second-order valence-electron chi connectivity index (χ2n) is 9.75. The third kappa shape index (κ3) is 6.87. The summed E-state index contributed by atoms with van der Waals surface area (Å²) in [6.45, 7) is 5.69. The Bertz CT molecular complexity index is 1190. The van der Waals surface area contributed by atoms with Crippen molar-refractivity contribution in [2.45, 2.75) is 50.1 Å². The number of nitrogens with one attached hydrogen (secondary N) is 1. The van der Waals surface area contributed by atoms with Gasteiger partial charge in [-0.05, 0) is 36.2 Å². The van der Waals surface area contributed by atoms with Gasteiger partial charge in [0, 0.05) is 6.42 Å². The van der Waals surface area contributed by atoms with E-state index in [0.717, 1.165) is 41.5 Å². The van der Waals surface area contributed by atoms with E-state index in [0.29, 0.717) is 6.42 Å². The number of carboxylic acid groups (broad SMARTS) is 1. The lowest BCUT2D eigenvalue weighted by Gasteiger charge is -2.40. The highest BCUT2D eigenvalue weighted by atomic mass is 32.2. The number of carboxylic acids is 1. The Hall–Kier alpha value is -3.21. The molecule has 2 N–H and O–H groups in total. The van der Waals surface area contributed by atoms with Gasteiger partial charge in [-0.1, -0.05) is 80.2 Å². The number of likely N-dealkylation sites (N-methyl/N-ethyl adjacent to an activating group) is 1. The maximum atomic E-state index is 13.8. The van der Waals surface area contributed by atoms with Gasteiger partial charge in [0.25, 0.3) is 0 Å². The van der Waals surface area contributed by atoms with Crippen molar-refractivity contribution in [3.05, 3.63) is 71.3 Å². The van der Waals surface area contributed by atoms with Crippen molar-refractivity contribution in [3.8, 4) is 0 Å². The number of thioether (sulfide) groups is 1. The number of rotatable bonds is 10. The number of carbonyl (C=O) groups excluding carboxylic acids is 3. The molecular weight excluding hydrogens is 518 g/mol. The van der Waals surface area contributed by atoms with Gasteiger partial charge >= 0.3 is 5.97 Å². The highest BCUT2D eigenvalue weighted by Gasteiger charge is 2.45. The minimum atomic E-state index is -1.16. The average molecular weight is 554 g/mol. The summed E-state index contributed by atoms with van der Waals surface area (Å²) in [5, 5.41) is 11.9. The molecule has 2 amide bonds. The van der Waals surface area contributed by atoms with E-state index in [-0.39, 0.29) is 31.3 Å². The standard InChI is InChI=1S/C29H35N3O6S/c1-3-31(4-2)16-26(33)39-25(14-19-10-6-5-7-11-19)27(34)30-22-15-20-12-8-9-13-21(20)23-17-38-18-24(29(36)37)32(23)28(22)35/h5-13,22-25H,3-4,14-18H2,1-2H3,(H,30,34)(H,36,37)/t22-,23+,24-,25-/m0/s1. The Morgan fingerprint density at radius 2 is 1.77 bits per heavy atom. The largest absolute Gasteiger partial charge is 0.480 e. The van der Waals surface area contributed by atoms with Gasteiger partial charge in [-0.15, -0.1) is 0 Å². The van der Waals surface area contributed by atoms with E-state index >= 15 is 0 Å². The third-order valence-corrected chi connectivity index (χ3v) is 8.35. The molecule has 208 valence electrons. The van der Waals surface area contributed by atoms with E-state index < -0.39 is 41.2 Å². The maximum Gasteiger partial charge on any atom is 0.328 e. The minimum absolute atomic E-state index is 0.118. The first kappa shape index (κ1) is 28.8. The summed E-state index contributed by atoms with van der Waals surface area (Å²) in [6, 6.07) is 14.2. The van der Waals surface area contributed by atoms with Crippen molar-refractivity contribution in [3.63, 3.8) is 0 Å². The highest BCUT2D eigenvalue weighted by Crippen LogP contribution is 2.34. The van der Waals surface area contributed by atoms with Crippen molar-refractivity contribution in [2.75, 3.05) is 32.8 Å². The number of fused-ring (bicyclic) bond motifs is 3. The molecule has 0 bridgehead atoms. The summed E-state index contributed by atoms with van der Waals surface area (Å²) in [5.41, 5.74) is 2.57. The zero-order valence-corrected chi connectivity index (χ0v) is 23.1. The minimum Gasteiger partial charge on any atom is -0.480 e. The van der Waals surface area contributed by atoms with Crippen LogP contribution in [-0.4, -0.2) is 88.0 Å². The summed E-state index contributed by atoms with van der Waals surface area (Å²) in [7, 11) is 0. The molecular formula is C29H35N3O6S. The molecule has 2 aliphatic heterocycles. The predicted octanol–water partition coefficient (Wildman–Crippen LogP) is 2.29. The average Bonchev–Trinajstić information content (AvgIpc) is 3.06. The molecule has 10 heteroatoms. The fourth-order valence-electron chi connectivity index (χ4n) is 5.16. The van der Waals surface area contributed by atoms with Crippen LogP contribution in [-0.2, 0) is 36.8 Å². The number of nitrogens with zero attached hydrogens (tertiary/aromatic N) is 2. The van der Waals surface area contributed by atoms with Crippen LogP contribution in [0.3, 0.4) is 0 Å². The molecule has 1 saturated heterocycles.